The number of ketones is 1. The molecule has 1 aliphatic rings. The quantitative estimate of drug-likeness (QED) is 0.769. The van der Waals surface area contributed by atoms with Gasteiger partial charge in [0, 0.05) is 11.1 Å². The van der Waals surface area contributed by atoms with Gasteiger partial charge in [-0.2, -0.15) is 0 Å². The van der Waals surface area contributed by atoms with E-state index in [4.69, 9.17) is 16.3 Å². The van der Waals surface area contributed by atoms with Gasteiger partial charge in [-0.1, -0.05) is 41.4 Å². The van der Waals surface area contributed by atoms with E-state index in [9.17, 15) is 14.7 Å². The number of carboxylic acid groups (broad SMARTS) is 1. The van der Waals surface area contributed by atoms with E-state index in [2.05, 4.69) is 0 Å². The minimum atomic E-state index is -1.46. The molecule has 0 aromatic heterocycles. The number of aliphatic carboxylic acids is 1. The Morgan fingerprint density at radius 1 is 1.26 bits per heavy atom. The molecule has 0 spiro atoms. The molecule has 5 heteroatoms. The van der Waals surface area contributed by atoms with Gasteiger partial charge in [-0.05, 0) is 13.8 Å². The summed E-state index contributed by atoms with van der Waals surface area (Å²) in [6.45, 7) is 3.16. The van der Waals surface area contributed by atoms with E-state index in [-0.39, 0.29) is 22.1 Å². The number of hydrogen-bond donors (Lipinski definition) is 0. The molecule has 0 unspecified atom stereocenters. The first-order chi connectivity index (χ1) is 8.91. The average molecular weight is 278 g/mol. The minimum absolute atomic E-state index is 0.126. The van der Waals surface area contributed by atoms with E-state index >= 15 is 0 Å². The molecular formula is C14H10ClO4-. The maximum atomic E-state index is 11.8. The molecule has 1 aromatic carbocycles. The Bertz CT molecular complexity index is 623. The van der Waals surface area contributed by atoms with Gasteiger partial charge in [0.25, 0.3) is 0 Å². The van der Waals surface area contributed by atoms with Crippen molar-refractivity contribution in [1.29, 1.82) is 0 Å². The first-order valence-electron chi connectivity index (χ1n) is 5.53. The lowest BCUT2D eigenvalue weighted by Gasteiger charge is -2.08. The summed E-state index contributed by atoms with van der Waals surface area (Å²) >= 11 is 5.90. The van der Waals surface area contributed by atoms with E-state index in [1.54, 1.807) is 12.1 Å². The fourth-order valence-electron chi connectivity index (χ4n) is 1.63. The third kappa shape index (κ3) is 2.39. The van der Waals surface area contributed by atoms with Crippen LogP contribution >= 0.6 is 11.6 Å². The Morgan fingerprint density at radius 2 is 1.84 bits per heavy atom. The van der Waals surface area contributed by atoms with Crippen molar-refractivity contribution in [2.45, 2.75) is 13.8 Å². The Hall–Kier alpha value is -2.07. The van der Waals surface area contributed by atoms with Gasteiger partial charge < -0.3 is 14.6 Å². The summed E-state index contributed by atoms with van der Waals surface area (Å²) in [4.78, 5) is 22.6. The standard InChI is InChI=1S/C14H11ClO4/c1-7-3-5-9(6-4-7)13-10(15)11(16)12(19-13)8(2)14(17)18/h3-6H,1-2H3,(H,17,18)/p-1. The van der Waals surface area contributed by atoms with Gasteiger partial charge in [0.05, 0.1) is 5.97 Å². The molecule has 0 N–H and O–H groups in total. The number of halogens is 1. The molecule has 0 saturated carbocycles. The monoisotopic (exact) mass is 277 g/mol. The number of carbonyl (C=O) groups is 2. The van der Waals surface area contributed by atoms with Crippen LogP contribution in [0.4, 0.5) is 0 Å². The molecule has 0 saturated heterocycles. The van der Waals surface area contributed by atoms with Gasteiger partial charge in [0.15, 0.2) is 11.5 Å². The number of allylic oxidation sites excluding steroid dienone is 1. The van der Waals surface area contributed by atoms with Crippen molar-refractivity contribution in [1.82, 2.24) is 0 Å². The van der Waals surface area contributed by atoms with Crippen molar-refractivity contribution in [2.75, 3.05) is 0 Å². The summed E-state index contributed by atoms with van der Waals surface area (Å²) in [5.41, 5.74) is 1.39. The minimum Gasteiger partial charge on any atom is -0.545 e. The van der Waals surface area contributed by atoms with Gasteiger partial charge in [-0.25, -0.2) is 0 Å². The Labute approximate surface area is 114 Å². The number of carboxylic acids is 1. The lowest BCUT2D eigenvalue weighted by atomic mass is 10.1. The highest BCUT2D eigenvalue weighted by Crippen LogP contribution is 2.35. The fourth-order valence-corrected chi connectivity index (χ4v) is 1.86. The van der Waals surface area contributed by atoms with Crippen LogP contribution in [0.3, 0.4) is 0 Å². The molecule has 0 bridgehead atoms. The van der Waals surface area contributed by atoms with Crippen molar-refractivity contribution < 1.29 is 19.4 Å². The van der Waals surface area contributed by atoms with Crippen LogP contribution < -0.4 is 5.11 Å². The molecular weight excluding hydrogens is 268 g/mol. The first-order valence-corrected chi connectivity index (χ1v) is 5.91. The Kier molecular flexibility index (Phi) is 3.44. The number of carbonyl (C=O) groups excluding carboxylic acids is 2. The zero-order valence-electron chi connectivity index (χ0n) is 10.3. The topological polar surface area (TPSA) is 66.4 Å². The lowest BCUT2D eigenvalue weighted by Crippen LogP contribution is -2.25. The van der Waals surface area contributed by atoms with E-state index in [0.29, 0.717) is 5.56 Å². The molecule has 4 nitrogen and oxygen atoms in total. The number of hydrogen-bond acceptors (Lipinski definition) is 4. The average Bonchev–Trinajstić information content (AvgIpc) is 2.67. The summed E-state index contributed by atoms with van der Waals surface area (Å²) < 4.78 is 5.29. The third-order valence-electron chi connectivity index (χ3n) is 2.77. The van der Waals surface area contributed by atoms with Crippen molar-refractivity contribution in [3.63, 3.8) is 0 Å². The zero-order chi connectivity index (χ0) is 14.2. The van der Waals surface area contributed by atoms with Gasteiger partial charge >= 0.3 is 0 Å². The largest absolute Gasteiger partial charge is 0.545 e. The second-order valence-corrected chi connectivity index (χ2v) is 4.56. The lowest BCUT2D eigenvalue weighted by molar-refractivity contribution is -0.299. The number of rotatable bonds is 2. The number of benzene rings is 1. The normalized spacial score (nSPS) is 17.5. The summed E-state index contributed by atoms with van der Waals surface area (Å²) in [7, 11) is 0. The molecule has 2 rings (SSSR count). The highest BCUT2D eigenvalue weighted by atomic mass is 35.5. The molecule has 1 aromatic rings. The summed E-state index contributed by atoms with van der Waals surface area (Å²) in [6.07, 6.45) is 0. The fraction of sp³-hybridized carbons (Fsp3) is 0.143. The summed E-state index contributed by atoms with van der Waals surface area (Å²) in [5.74, 6) is -2.22. The molecule has 0 fully saturated rings. The molecule has 0 atom stereocenters. The van der Waals surface area contributed by atoms with Crippen LogP contribution in [0.25, 0.3) is 5.76 Å². The van der Waals surface area contributed by atoms with Crippen molar-refractivity contribution in [2.24, 2.45) is 0 Å². The Balaban J connectivity index is 2.45. The maximum Gasteiger partial charge on any atom is 0.243 e. The highest BCUT2D eigenvalue weighted by Gasteiger charge is 2.31. The number of Topliss-reactive ketones (excluding diaryl/α,β-unsaturated/α-hetero) is 1. The number of aryl methyl sites for hydroxylation is 1. The second kappa shape index (κ2) is 4.90. The van der Waals surface area contributed by atoms with Crippen molar-refractivity contribution in [3.05, 3.63) is 51.8 Å². The molecule has 0 amide bonds. The van der Waals surface area contributed by atoms with Gasteiger partial charge in [0.1, 0.15) is 5.03 Å². The third-order valence-corrected chi connectivity index (χ3v) is 3.11. The SMILES string of the molecule is CC(C(=O)[O-])=C1OC(c2ccc(C)cc2)=C(Cl)C1=O. The second-order valence-electron chi connectivity index (χ2n) is 4.18. The van der Waals surface area contributed by atoms with Gasteiger partial charge in [0.2, 0.25) is 5.78 Å². The summed E-state index contributed by atoms with van der Waals surface area (Å²) in [5, 5.41) is 10.6. The summed E-state index contributed by atoms with van der Waals surface area (Å²) in [6, 6.07) is 7.18. The molecule has 19 heavy (non-hydrogen) atoms. The van der Waals surface area contributed by atoms with Crippen LogP contribution in [0.1, 0.15) is 18.1 Å². The highest BCUT2D eigenvalue weighted by molar-refractivity contribution is 6.49. The van der Waals surface area contributed by atoms with E-state index < -0.39 is 11.8 Å². The number of ether oxygens (including phenoxy) is 1. The van der Waals surface area contributed by atoms with Crippen molar-refractivity contribution in [3.8, 4) is 0 Å². The molecule has 98 valence electrons. The molecule has 1 aliphatic heterocycles. The zero-order valence-corrected chi connectivity index (χ0v) is 11.1. The van der Waals surface area contributed by atoms with Crippen LogP contribution in [0.5, 0.6) is 0 Å². The van der Waals surface area contributed by atoms with Gasteiger partial charge in [-0.3, -0.25) is 4.79 Å². The Morgan fingerprint density at radius 3 is 2.37 bits per heavy atom. The van der Waals surface area contributed by atoms with Crippen LogP contribution in [-0.4, -0.2) is 11.8 Å². The molecule has 0 radical (unpaired) electrons. The van der Waals surface area contributed by atoms with Crippen LogP contribution in [-0.2, 0) is 14.3 Å². The van der Waals surface area contributed by atoms with Crippen LogP contribution in [0.15, 0.2) is 40.6 Å². The van der Waals surface area contributed by atoms with E-state index in [1.165, 1.54) is 6.92 Å². The van der Waals surface area contributed by atoms with Crippen LogP contribution in [0.2, 0.25) is 0 Å². The van der Waals surface area contributed by atoms with Crippen LogP contribution in [0, 0.1) is 6.92 Å². The molecule has 0 aliphatic carbocycles. The van der Waals surface area contributed by atoms with E-state index in [1.807, 2.05) is 19.1 Å². The predicted molar refractivity (Wildman–Crippen MR) is 67.8 cm³/mol. The maximum absolute atomic E-state index is 11.8. The molecule has 1 heterocycles. The van der Waals surface area contributed by atoms with Gasteiger partial charge in [-0.15, -0.1) is 0 Å². The predicted octanol–water partition coefficient (Wildman–Crippen LogP) is 1.53. The van der Waals surface area contributed by atoms with Crippen molar-refractivity contribution >= 4 is 29.1 Å². The van der Waals surface area contributed by atoms with E-state index in [0.717, 1.165) is 5.56 Å². The first kappa shape index (κ1) is 13.4. The smallest absolute Gasteiger partial charge is 0.243 e.